The average Bonchev–Trinajstić information content (AvgIpc) is 2.19. The fourth-order valence-corrected chi connectivity index (χ4v) is 2.17. The maximum Gasteiger partial charge on any atom is 0.311 e. The van der Waals surface area contributed by atoms with Gasteiger partial charge in [0.05, 0.1) is 11.6 Å². The second kappa shape index (κ2) is 5.49. The number of carboxylic acids is 1. The third-order valence-electron chi connectivity index (χ3n) is 2.51. The number of halogens is 2. The van der Waals surface area contributed by atoms with E-state index in [1.54, 1.807) is 0 Å². The molecule has 3 N–H and O–H groups in total. The molecule has 0 heterocycles. The normalized spacial score (nSPS) is 12.8. The lowest BCUT2D eigenvalue weighted by atomic mass is 9.89. The summed E-state index contributed by atoms with van der Waals surface area (Å²) >= 11 is 3.12. The summed E-state index contributed by atoms with van der Waals surface area (Å²) in [6, 6.07) is 2.42. The summed E-state index contributed by atoms with van der Waals surface area (Å²) < 4.78 is 13.7. The molecule has 1 atom stereocenters. The molecular weight excluding hydrogens is 289 g/mol. The Labute approximate surface area is 108 Å². The quantitative estimate of drug-likeness (QED) is 0.838. The van der Waals surface area contributed by atoms with E-state index in [0.717, 1.165) is 0 Å². The van der Waals surface area contributed by atoms with Gasteiger partial charge in [-0.05, 0) is 46.0 Å². The summed E-state index contributed by atoms with van der Waals surface area (Å²) in [5, 5.41) is 9.19. The van der Waals surface area contributed by atoms with Crippen molar-refractivity contribution in [3.05, 3.63) is 28.0 Å². The zero-order valence-corrected chi connectivity index (χ0v) is 11.3. The van der Waals surface area contributed by atoms with Crippen molar-refractivity contribution in [1.29, 1.82) is 0 Å². The van der Waals surface area contributed by atoms with E-state index in [1.807, 2.05) is 13.8 Å². The Bertz CT molecular complexity index is 435. The van der Waals surface area contributed by atoms with Gasteiger partial charge in [-0.1, -0.05) is 13.8 Å². The number of benzene rings is 1. The van der Waals surface area contributed by atoms with Gasteiger partial charge in [0.25, 0.3) is 0 Å². The van der Waals surface area contributed by atoms with Crippen LogP contribution < -0.4 is 5.73 Å². The lowest BCUT2D eigenvalue weighted by Gasteiger charge is -2.17. The number of nitrogen functional groups attached to an aromatic ring is 1. The van der Waals surface area contributed by atoms with E-state index in [0.29, 0.717) is 22.1 Å². The van der Waals surface area contributed by atoms with E-state index in [2.05, 4.69) is 15.9 Å². The fourth-order valence-electron chi connectivity index (χ4n) is 1.73. The van der Waals surface area contributed by atoms with Gasteiger partial charge in [-0.2, -0.15) is 0 Å². The van der Waals surface area contributed by atoms with Crippen LogP contribution in [0.3, 0.4) is 0 Å². The molecule has 0 aliphatic carbocycles. The first-order chi connectivity index (χ1) is 7.82. The lowest BCUT2D eigenvalue weighted by molar-refractivity contribution is -0.139. The molecule has 0 aromatic heterocycles. The number of carbonyl (C=O) groups is 1. The van der Waals surface area contributed by atoms with Crippen molar-refractivity contribution < 1.29 is 14.3 Å². The minimum absolute atomic E-state index is 0.192. The Hall–Kier alpha value is -1.10. The van der Waals surface area contributed by atoms with E-state index in [9.17, 15) is 14.3 Å². The summed E-state index contributed by atoms with van der Waals surface area (Å²) in [5.41, 5.74) is 6.41. The Morgan fingerprint density at radius 2 is 2.12 bits per heavy atom. The van der Waals surface area contributed by atoms with Crippen LogP contribution in [-0.2, 0) is 4.79 Å². The highest BCUT2D eigenvalue weighted by atomic mass is 79.9. The first-order valence-electron chi connectivity index (χ1n) is 5.30. The number of aliphatic carboxylic acids is 1. The van der Waals surface area contributed by atoms with E-state index in [-0.39, 0.29) is 5.92 Å². The number of hydrogen-bond acceptors (Lipinski definition) is 2. The smallest absolute Gasteiger partial charge is 0.311 e. The highest BCUT2D eigenvalue weighted by Crippen LogP contribution is 2.33. The summed E-state index contributed by atoms with van der Waals surface area (Å²) in [6.45, 7) is 3.83. The maximum atomic E-state index is 13.3. The van der Waals surface area contributed by atoms with E-state index in [4.69, 9.17) is 5.73 Å². The number of hydrogen-bond donors (Lipinski definition) is 2. The Kier molecular flexibility index (Phi) is 4.51. The molecule has 0 fully saturated rings. The highest BCUT2D eigenvalue weighted by molar-refractivity contribution is 9.10. The molecule has 0 aliphatic heterocycles. The molecule has 0 aliphatic rings. The van der Waals surface area contributed by atoms with Crippen molar-refractivity contribution in [3.63, 3.8) is 0 Å². The van der Waals surface area contributed by atoms with Crippen LogP contribution in [0.25, 0.3) is 0 Å². The maximum absolute atomic E-state index is 13.3. The van der Waals surface area contributed by atoms with Gasteiger partial charge in [-0.3, -0.25) is 4.79 Å². The monoisotopic (exact) mass is 303 g/mol. The SMILES string of the molecule is CC(C)CC(C(=O)O)c1cc(F)cc(Br)c1N. The van der Waals surface area contributed by atoms with Crippen molar-refractivity contribution >= 4 is 27.6 Å². The summed E-state index contributed by atoms with van der Waals surface area (Å²) in [5.74, 6) is -2.06. The van der Waals surface area contributed by atoms with Crippen LogP contribution >= 0.6 is 15.9 Å². The van der Waals surface area contributed by atoms with Crippen LogP contribution in [0.15, 0.2) is 16.6 Å². The zero-order valence-electron chi connectivity index (χ0n) is 9.71. The zero-order chi connectivity index (χ0) is 13.2. The number of rotatable bonds is 4. The first-order valence-corrected chi connectivity index (χ1v) is 6.09. The van der Waals surface area contributed by atoms with E-state index < -0.39 is 17.7 Å². The molecule has 1 aromatic carbocycles. The molecule has 1 rings (SSSR count). The van der Waals surface area contributed by atoms with Crippen molar-refractivity contribution in [1.82, 2.24) is 0 Å². The van der Waals surface area contributed by atoms with Gasteiger partial charge in [0.2, 0.25) is 0 Å². The van der Waals surface area contributed by atoms with Crippen LogP contribution in [-0.4, -0.2) is 11.1 Å². The molecule has 1 aromatic rings. The number of anilines is 1. The van der Waals surface area contributed by atoms with Gasteiger partial charge in [0.1, 0.15) is 5.82 Å². The van der Waals surface area contributed by atoms with Gasteiger partial charge in [0, 0.05) is 4.47 Å². The van der Waals surface area contributed by atoms with E-state index in [1.165, 1.54) is 12.1 Å². The summed E-state index contributed by atoms with van der Waals surface area (Å²) in [6.07, 6.45) is 0.426. The molecule has 0 saturated carbocycles. The van der Waals surface area contributed by atoms with Gasteiger partial charge >= 0.3 is 5.97 Å². The molecule has 94 valence electrons. The topological polar surface area (TPSA) is 63.3 Å². The largest absolute Gasteiger partial charge is 0.481 e. The second-order valence-corrected chi connectivity index (χ2v) is 5.27. The Balaban J connectivity index is 3.22. The predicted octanol–water partition coefficient (Wildman–Crippen LogP) is 3.38. The molecule has 17 heavy (non-hydrogen) atoms. The van der Waals surface area contributed by atoms with Crippen LogP contribution in [0.1, 0.15) is 31.7 Å². The predicted molar refractivity (Wildman–Crippen MR) is 68.3 cm³/mol. The Morgan fingerprint density at radius 1 is 1.53 bits per heavy atom. The standard InChI is InChI=1S/C12H15BrFNO2/c1-6(2)3-9(12(16)17)8-4-7(14)5-10(13)11(8)15/h4-6,9H,3,15H2,1-2H3,(H,16,17). The third-order valence-corrected chi connectivity index (χ3v) is 3.16. The van der Waals surface area contributed by atoms with Crippen molar-refractivity contribution in [3.8, 4) is 0 Å². The van der Waals surface area contributed by atoms with Crippen molar-refractivity contribution in [2.24, 2.45) is 5.92 Å². The molecule has 0 bridgehead atoms. The van der Waals surface area contributed by atoms with Crippen molar-refractivity contribution in [2.75, 3.05) is 5.73 Å². The molecule has 1 unspecified atom stereocenters. The van der Waals surface area contributed by atoms with Crippen LogP contribution in [0.5, 0.6) is 0 Å². The highest BCUT2D eigenvalue weighted by Gasteiger charge is 2.24. The number of carboxylic acid groups (broad SMARTS) is 1. The summed E-state index contributed by atoms with van der Waals surface area (Å²) in [4.78, 5) is 11.2. The van der Waals surface area contributed by atoms with Gasteiger partial charge in [-0.15, -0.1) is 0 Å². The van der Waals surface area contributed by atoms with E-state index >= 15 is 0 Å². The van der Waals surface area contributed by atoms with Gasteiger partial charge in [0.15, 0.2) is 0 Å². The second-order valence-electron chi connectivity index (χ2n) is 4.41. The molecule has 5 heteroatoms. The molecular formula is C12H15BrFNO2. The molecule has 0 radical (unpaired) electrons. The first kappa shape index (κ1) is 14.0. The molecule has 0 amide bonds. The van der Waals surface area contributed by atoms with Crippen LogP contribution in [0.2, 0.25) is 0 Å². The van der Waals surface area contributed by atoms with Crippen LogP contribution in [0.4, 0.5) is 10.1 Å². The molecule has 0 spiro atoms. The number of nitrogens with two attached hydrogens (primary N) is 1. The Morgan fingerprint density at radius 3 is 2.59 bits per heavy atom. The molecule has 0 saturated heterocycles. The summed E-state index contributed by atoms with van der Waals surface area (Å²) in [7, 11) is 0. The lowest BCUT2D eigenvalue weighted by Crippen LogP contribution is -2.16. The minimum atomic E-state index is -0.983. The third kappa shape index (κ3) is 3.43. The van der Waals surface area contributed by atoms with Gasteiger partial charge in [-0.25, -0.2) is 4.39 Å². The minimum Gasteiger partial charge on any atom is -0.481 e. The van der Waals surface area contributed by atoms with Gasteiger partial charge < -0.3 is 10.8 Å². The fraction of sp³-hybridized carbons (Fsp3) is 0.417. The average molecular weight is 304 g/mol. The van der Waals surface area contributed by atoms with Crippen LogP contribution in [0, 0.1) is 11.7 Å². The molecule has 3 nitrogen and oxygen atoms in total. The van der Waals surface area contributed by atoms with Crippen molar-refractivity contribution in [2.45, 2.75) is 26.2 Å².